The van der Waals surface area contributed by atoms with Crippen molar-refractivity contribution >= 4 is 0 Å². The van der Waals surface area contributed by atoms with E-state index < -0.39 is 0 Å². The second-order valence-corrected chi connectivity index (χ2v) is 5.85. The van der Waals surface area contributed by atoms with Gasteiger partial charge in [-0.3, -0.25) is 4.98 Å². The number of nitrogens with zero attached hydrogens (tertiary/aromatic N) is 1. The van der Waals surface area contributed by atoms with Crippen LogP contribution < -0.4 is 0 Å². The molecule has 0 aromatic carbocycles. The van der Waals surface area contributed by atoms with Gasteiger partial charge < -0.3 is 5.11 Å². The maximum absolute atomic E-state index is 10.2. The summed E-state index contributed by atoms with van der Waals surface area (Å²) in [5.74, 6) is 2.68. The predicted molar refractivity (Wildman–Crippen MR) is 67.5 cm³/mol. The lowest BCUT2D eigenvalue weighted by Gasteiger charge is -2.24. The zero-order chi connectivity index (χ0) is 11.7. The molecule has 3 rings (SSSR count). The van der Waals surface area contributed by atoms with Gasteiger partial charge in [-0.25, -0.2) is 0 Å². The summed E-state index contributed by atoms with van der Waals surface area (Å²) in [5.41, 5.74) is 1.02. The van der Waals surface area contributed by atoms with Gasteiger partial charge in [-0.2, -0.15) is 0 Å². The van der Waals surface area contributed by atoms with Crippen LogP contribution in [0, 0.1) is 17.8 Å². The Kier molecular flexibility index (Phi) is 3.15. The molecule has 0 amide bonds. The van der Waals surface area contributed by atoms with Crippen LogP contribution in [0.15, 0.2) is 24.4 Å². The lowest BCUT2D eigenvalue weighted by Crippen LogP contribution is -2.20. The van der Waals surface area contributed by atoms with Gasteiger partial charge in [0.2, 0.25) is 0 Å². The van der Waals surface area contributed by atoms with Gasteiger partial charge in [-0.1, -0.05) is 12.5 Å². The average Bonchev–Trinajstić information content (AvgIpc) is 2.92. The normalized spacial score (nSPS) is 32.9. The first-order valence-corrected chi connectivity index (χ1v) is 6.89. The number of aliphatic hydroxyl groups excluding tert-OH is 1. The third-order valence-electron chi connectivity index (χ3n) is 4.63. The molecule has 4 unspecified atom stereocenters. The molecule has 2 nitrogen and oxygen atoms in total. The second kappa shape index (κ2) is 4.77. The first-order chi connectivity index (χ1) is 8.31. The van der Waals surface area contributed by atoms with Crippen molar-refractivity contribution in [2.45, 2.75) is 44.6 Å². The standard InChI is InChI=1S/C15H21NO/c17-15(10-14-3-1-2-6-16-14)9-13-8-11-4-5-12(13)7-11/h1-3,6,11-13,15,17H,4-5,7-10H2. The van der Waals surface area contributed by atoms with Gasteiger partial charge >= 0.3 is 0 Å². The summed E-state index contributed by atoms with van der Waals surface area (Å²) in [6.45, 7) is 0. The van der Waals surface area contributed by atoms with E-state index in [9.17, 15) is 5.11 Å². The van der Waals surface area contributed by atoms with Crippen LogP contribution in [0.2, 0.25) is 0 Å². The van der Waals surface area contributed by atoms with E-state index in [4.69, 9.17) is 0 Å². The van der Waals surface area contributed by atoms with Crippen molar-refractivity contribution in [2.24, 2.45) is 17.8 Å². The number of hydrogen-bond donors (Lipinski definition) is 1. The zero-order valence-corrected chi connectivity index (χ0v) is 10.3. The first kappa shape index (κ1) is 11.2. The molecule has 2 aliphatic rings. The minimum atomic E-state index is -0.200. The van der Waals surface area contributed by atoms with E-state index in [1.807, 2.05) is 18.2 Å². The fourth-order valence-corrected chi connectivity index (χ4v) is 3.86. The maximum atomic E-state index is 10.2. The highest BCUT2D eigenvalue weighted by Crippen LogP contribution is 2.49. The highest BCUT2D eigenvalue weighted by Gasteiger charge is 2.39. The quantitative estimate of drug-likeness (QED) is 0.864. The molecule has 0 saturated heterocycles. The summed E-state index contributed by atoms with van der Waals surface area (Å²) >= 11 is 0. The van der Waals surface area contributed by atoms with Crippen molar-refractivity contribution in [1.29, 1.82) is 0 Å². The minimum absolute atomic E-state index is 0.200. The number of hydrogen-bond acceptors (Lipinski definition) is 2. The van der Waals surface area contributed by atoms with Crippen molar-refractivity contribution in [3.8, 4) is 0 Å². The van der Waals surface area contributed by atoms with Crippen molar-refractivity contribution < 1.29 is 5.11 Å². The maximum Gasteiger partial charge on any atom is 0.0598 e. The summed E-state index contributed by atoms with van der Waals surface area (Å²) in [6, 6.07) is 5.92. The Balaban J connectivity index is 1.52. The summed E-state index contributed by atoms with van der Waals surface area (Å²) in [5, 5.41) is 10.2. The van der Waals surface area contributed by atoms with Crippen LogP contribution in [0.3, 0.4) is 0 Å². The van der Waals surface area contributed by atoms with E-state index in [0.717, 1.165) is 29.9 Å². The largest absolute Gasteiger partial charge is 0.393 e. The number of aromatic nitrogens is 1. The smallest absolute Gasteiger partial charge is 0.0598 e. The summed E-state index contributed by atoms with van der Waals surface area (Å²) in [6.07, 6.45) is 8.95. The Labute approximate surface area is 103 Å². The molecule has 0 radical (unpaired) electrons. The van der Waals surface area contributed by atoms with Gasteiger partial charge in [0.1, 0.15) is 0 Å². The lowest BCUT2D eigenvalue weighted by molar-refractivity contribution is 0.124. The number of fused-ring (bicyclic) bond motifs is 2. The third-order valence-corrected chi connectivity index (χ3v) is 4.63. The fraction of sp³-hybridized carbons (Fsp3) is 0.667. The summed E-state index contributed by atoms with van der Waals surface area (Å²) in [7, 11) is 0. The Morgan fingerprint density at radius 1 is 1.29 bits per heavy atom. The van der Waals surface area contributed by atoms with Gasteiger partial charge in [-0.15, -0.1) is 0 Å². The molecule has 2 heteroatoms. The fourth-order valence-electron chi connectivity index (χ4n) is 3.86. The van der Waals surface area contributed by atoms with Crippen LogP contribution in [0.5, 0.6) is 0 Å². The number of rotatable bonds is 4. The highest BCUT2D eigenvalue weighted by molar-refractivity contribution is 5.04. The first-order valence-electron chi connectivity index (χ1n) is 6.89. The molecule has 2 saturated carbocycles. The van der Waals surface area contributed by atoms with Gasteiger partial charge in [0.15, 0.2) is 0 Å². The van der Waals surface area contributed by atoms with Gasteiger partial charge in [0, 0.05) is 18.3 Å². The van der Waals surface area contributed by atoms with E-state index in [2.05, 4.69) is 4.98 Å². The third kappa shape index (κ3) is 2.52. The van der Waals surface area contributed by atoms with Crippen LogP contribution in [0.4, 0.5) is 0 Å². The van der Waals surface area contributed by atoms with E-state index in [1.54, 1.807) is 6.20 Å². The van der Waals surface area contributed by atoms with E-state index in [-0.39, 0.29) is 6.10 Å². The van der Waals surface area contributed by atoms with Crippen LogP contribution >= 0.6 is 0 Å². The Hall–Kier alpha value is -0.890. The molecular formula is C15H21NO. The van der Waals surface area contributed by atoms with E-state index in [1.165, 1.54) is 25.7 Å². The average molecular weight is 231 g/mol. The molecule has 1 N–H and O–H groups in total. The summed E-state index contributed by atoms with van der Waals surface area (Å²) < 4.78 is 0. The van der Waals surface area contributed by atoms with Crippen LogP contribution in [-0.2, 0) is 6.42 Å². The van der Waals surface area contributed by atoms with E-state index >= 15 is 0 Å². The molecule has 0 aliphatic heterocycles. The van der Waals surface area contributed by atoms with E-state index in [0.29, 0.717) is 6.42 Å². The van der Waals surface area contributed by atoms with Crippen molar-refractivity contribution in [3.05, 3.63) is 30.1 Å². The molecule has 2 bridgehead atoms. The van der Waals surface area contributed by atoms with Gasteiger partial charge in [0.05, 0.1) is 6.10 Å². The molecule has 1 aromatic rings. The zero-order valence-electron chi connectivity index (χ0n) is 10.3. The Morgan fingerprint density at radius 3 is 2.88 bits per heavy atom. The topological polar surface area (TPSA) is 33.1 Å². The lowest BCUT2D eigenvalue weighted by atomic mass is 9.84. The molecule has 17 heavy (non-hydrogen) atoms. The minimum Gasteiger partial charge on any atom is -0.393 e. The molecular weight excluding hydrogens is 210 g/mol. The van der Waals surface area contributed by atoms with Crippen LogP contribution in [0.25, 0.3) is 0 Å². The highest BCUT2D eigenvalue weighted by atomic mass is 16.3. The van der Waals surface area contributed by atoms with Gasteiger partial charge in [0.25, 0.3) is 0 Å². The molecule has 2 fully saturated rings. The number of aliphatic hydroxyl groups is 1. The SMILES string of the molecule is OC(Cc1ccccn1)CC1CC2CCC1C2. The van der Waals surface area contributed by atoms with Crippen molar-refractivity contribution in [2.75, 3.05) is 0 Å². The molecule has 0 spiro atoms. The molecule has 2 aliphatic carbocycles. The van der Waals surface area contributed by atoms with Gasteiger partial charge in [-0.05, 0) is 55.6 Å². The Bertz CT molecular complexity index is 364. The predicted octanol–water partition coefficient (Wildman–Crippen LogP) is 2.81. The van der Waals surface area contributed by atoms with Crippen LogP contribution in [-0.4, -0.2) is 16.2 Å². The van der Waals surface area contributed by atoms with Crippen molar-refractivity contribution in [3.63, 3.8) is 0 Å². The Morgan fingerprint density at radius 2 is 2.24 bits per heavy atom. The summed E-state index contributed by atoms with van der Waals surface area (Å²) in [4.78, 5) is 4.28. The molecule has 1 heterocycles. The molecule has 4 atom stereocenters. The second-order valence-electron chi connectivity index (χ2n) is 5.85. The monoisotopic (exact) mass is 231 g/mol. The van der Waals surface area contributed by atoms with Crippen molar-refractivity contribution in [1.82, 2.24) is 4.98 Å². The molecule has 1 aromatic heterocycles. The van der Waals surface area contributed by atoms with Crippen LogP contribution in [0.1, 0.15) is 37.8 Å². The number of pyridine rings is 1. The molecule has 92 valence electrons.